The van der Waals surface area contributed by atoms with Crippen LogP contribution in [0, 0.1) is 17.8 Å². The Balaban J connectivity index is 1.61. The molecular formula is C34H33N3O. The third-order valence-corrected chi connectivity index (χ3v) is 8.74. The number of fused-ring (bicyclic) bond motifs is 4. The van der Waals surface area contributed by atoms with Crippen LogP contribution in [0.5, 0.6) is 0 Å². The second-order valence-corrected chi connectivity index (χ2v) is 11.1. The van der Waals surface area contributed by atoms with E-state index in [0.717, 1.165) is 69.8 Å². The van der Waals surface area contributed by atoms with E-state index in [1.54, 1.807) is 0 Å². The normalized spacial score (nSPS) is 17.2. The van der Waals surface area contributed by atoms with Gasteiger partial charge in [-0.2, -0.15) is 0 Å². The van der Waals surface area contributed by atoms with Crippen LogP contribution in [0.15, 0.2) is 65.6 Å². The van der Waals surface area contributed by atoms with Gasteiger partial charge in [-0.1, -0.05) is 80.8 Å². The van der Waals surface area contributed by atoms with E-state index in [9.17, 15) is 4.79 Å². The number of pyridine rings is 2. The van der Waals surface area contributed by atoms with Gasteiger partial charge < -0.3 is 4.98 Å². The summed E-state index contributed by atoms with van der Waals surface area (Å²) in [5.41, 5.74) is 5.74. The summed E-state index contributed by atoms with van der Waals surface area (Å²) in [4.78, 5) is 23.0. The van der Waals surface area contributed by atoms with Gasteiger partial charge in [0.25, 0.3) is 5.56 Å². The Labute approximate surface area is 223 Å². The molecule has 0 spiro atoms. The fourth-order valence-electron chi connectivity index (χ4n) is 6.85. The van der Waals surface area contributed by atoms with E-state index in [2.05, 4.69) is 41.1 Å². The molecule has 3 aromatic heterocycles. The SMILES string of the molecule is O=c1c2c([nH]c3ccccc32)c(C2CCCCC2)c(C#CC2CCCCC2)n1-c1cccc2cccnc12. The molecule has 2 aromatic carbocycles. The average Bonchev–Trinajstić information content (AvgIpc) is 3.37. The Morgan fingerprint density at radius 3 is 2.45 bits per heavy atom. The summed E-state index contributed by atoms with van der Waals surface area (Å²) in [7, 11) is 0. The number of hydrogen-bond acceptors (Lipinski definition) is 2. The number of aromatic nitrogens is 3. The van der Waals surface area contributed by atoms with E-state index in [4.69, 9.17) is 4.98 Å². The van der Waals surface area contributed by atoms with Crippen molar-refractivity contribution in [3.8, 4) is 17.5 Å². The zero-order valence-electron chi connectivity index (χ0n) is 21.8. The molecule has 5 aromatic rings. The largest absolute Gasteiger partial charge is 0.354 e. The molecule has 2 aliphatic carbocycles. The zero-order chi connectivity index (χ0) is 25.5. The molecule has 0 amide bonds. The minimum Gasteiger partial charge on any atom is -0.354 e. The van der Waals surface area contributed by atoms with Gasteiger partial charge in [0.15, 0.2) is 0 Å². The highest BCUT2D eigenvalue weighted by atomic mass is 16.1. The minimum atomic E-state index is -0.0110. The zero-order valence-corrected chi connectivity index (χ0v) is 21.8. The fourth-order valence-corrected chi connectivity index (χ4v) is 6.85. The van der Waals surface area contributed by atoms with Gasteiger partial charge in [-0.25, -0.2) is 0 Å². The lowest BCUT2D eigenvalue weighted by Crippen LogP contribution is -2.25. The Morgan fingerprint density at radius 1 is 0.842 bits per heavy atom. The summed E-state index contributed by atoms with van der Waals surface area (Å²) in [6, 6.07) is 18.4. The first kappa shape index (κ1) is 23.3. The third kappa shape index (κ3) is 3.93. The number of rotatable bonds is 2. The predicted molar refractivity (Wildman–Crippen MR) is 156 cm³/mol. The van der Waals surface area contributed by atoms with Gasteiger partial charge in [0.2, 0.25) is 0 Å². The maximum Gasteiger partial charge on any atom is 0.266 e. The molecule has 0 unspecified atom stereocenters. The van der Waals surface area contributed by atoms with Gasteiger partial charge >= 0.3 is 0 Å². The molecule has 2 fully saturated rings. The number of benzene rings is 2. The summed E-state index contributed by atoms with van der Waals surface area (Å²) >= 11 is 0. The maximum absolute atomic E-state index is 14.6. The second kappa shape index (κ2) is 9.80. The fraction of sp³-hybridized carbons (Fsp3) is 0.353. The molecule has 0 bridgehead atoms. The quantitative estimate of drug-likeness (QED) is 0.250. The number of hydrogen-bond donors (Lipinski definition) is 1. The van der Waals surface area contributed by atoms with Crippen molar-refractivity contribution in [2.24, 2.45) is 5.92 Å². The molecule has 0 radical (unpaired) electrons. The van der Waals surface area contributed by atoms with Gasteiger partial charge in [0, 0.05) is 34.0 Å². The highest BCUT2D eigenvalue weighted by Gasteiger charge is 2.28. The molecule has 4 heteroatoms. The average molecular weight is 500 g/mol. The van der Waals surface area contributed by atoms with E-state index in [0.29, 0.717) is 11.8 Å². The predicted octanol–water partition coefficient (Wildman–Crippen LogP) is 8.00. The highest BCUT2D eigenvalue weighted by Crippen LogP contribution is 2.40. The van der Waals surface area contributed by atoms with E-state index in [1.165, 1.54) is 44.1 Å². The molecule has 2 aliphatic rings. The molecule has 4 nitrogen and oxygen atoms in total. The topological polar surface area (TPSA) is 50.7 Å². The van der Waals surface area contributed by atoms with Gasteiger partial charge in [0.1, 0.15) is 5.69 Å². The smallest absolute Gasteiger partial charge is 0.266 e. The van der Waals surface area contributed by atoms with Crippen LogP contribution < -0.4 is 5.56 Å². The molecule has 0 saturated heterocycles. The lowest BCUT2D eigenvalue weighted by Gasteiger charge is -2.26. The first-order valence-corrected chi connectivity index (χ1v) is 14.3. The molecule has 0 atom stereocenters. The Hall–Kier alpha value is -3.84. The molecule has 190 valence electrons. The van der Waals surface area contributed by atoms with Crippen molar-refractivity contribution in [1.29, 1.82) is 0 Å². The van der Waals surface area contributed by atoms with Crippen LogP contribution in [0.1, 0.15) is 81.4 Å². The minimum absolute atomic E-state index is 0.0110. The summed E-state index contributed by atoms with van der Waals surface area (Å²) in [5, 5.41) is 2.79. The van der Waals surface area contributed by atoms with Crippen LogP contribution in [0.2, 0.25) is 0 Å². The van der Waals surface area contributed by atoms with Gasteiger partial charge in [-0.15, -0.1) is 0 Å². The lowest BCUT2D eigenvalue weighted by atomic mass is 9.82. The van der Waals surface area contributed by atoms with Crippen molar-refractivity contribution in [3.05, 3.63) is 82.4 Å². The second-order valence-electron chi connectivity index (χ2n) is 11.1. The van der Waals surface area contributed by atoms with Crippen LogP contribution in [0.4, 0.5) is 0 Å². The number of para-hydroxylation sites is 2. The highest BCUT2D eigenvalue weighted by molar-refractivity contribution is 6.08. The lowest BCUT2D eigenvalue weighted by molar-refractivity contribution is 0.430. The van der Waals surface area contributed by atoms with Crippen molar-refractivity contribution in [2.75, 3.05) is 0 Å². The van der Waals surface area contributed by atoms with Crippen LogP contribution in [0.3, 0.4) is 0 Å². The van der Waals surface area contributed by atoms with Crippen molar-refractivity contribution in [1.82, 2.24) is 14.5 Å². The summed E-state index contributed by atoms with van der Waals surface area (Å²) < 4.78 is 1.91. The van der Waals surface area contributed by atoms with Crippen molar-refractivity contribution >= 4 is 32.7 Å². The van der Waals surface area contributed by atoms with Gasteiger partial charge in [-0.05, 0) is 55.7 Å². The first-order chi connectivity index (χ1) is 18.8. The first-order valence-electron chi connectivity index (χ1n) is 14.3. The molecule has 1 N–H and O–H groups in total. The van der Waals surface area contributed by atoms with Gasteiger partial charge in [-0.3, -0.25) is 14.3 Å². The molecule has 38 heavy (non-hydrogen) atoms. The summed E-state index contributed by atoms with van der Waals surface area (Å²) in [6.07, 6.45) is 13.9. The van der Waals surface area contributed by atoms with E-state index >= 15 is 0 Å². The summed E-state index contributed by atoms with van der Waals surface area (Å²) in [6.45, 7) is 0. The molecular weight excluding hydrogens is 466 g/mol. The number of nitrogens with one attached hydrogen (secondary N) is 1. The van der Waals surface area contributed by atoms with Gasteiger partial charge in [0.05, 0.1) is 22.1 Å². The standard InChI is InChI=1S/C34H33N3O/c38-34-31-26-17-7-8-18-27(26)36-33(31)30(24-13-5-2-6-14-24)28(21-20-23-11-3-1-4-12-23)37(34)29-19-9-15-25-16-10-22-35-32(25)29/h7-10,15-19,22-24,36H,1-6,11-14H2. The van der Waals surface area contributed by atoms with Crippen LogP contribution >= 0.6 is 0 Å². The number of aromatic amines is 1. The van der Waals surface area contributed by atoms with E-state index < -0.39 is 0 Å². The monoisotopic (exact) mass is 499 g/mol. The molecule has 7 rings (SSSR count). The number of nitrogens with zero attached hydrogens (tertiary/aromatic N) is 2. The number of H-pyrrole nitrogens is 1. The Kier molecular flexibility index (Phi) is 6.01. The van der Waals surface area contributed by atoms with E-state index in [1.807, 2.05) is 41.1 Å². The molecule has 0 aliphatic heterocycles. The van der Waals surface area contributed by atoms with Crippen molar-refractivity contribution in [3.63, 3.8) is 0 Å². The maximum atomic E-state index is 14.6. The van der Waals surface area contributed by atoms with Crippen LogP contribution in [-0.4, -0.2) is 14.5 Å². The summed E-state index contributed by atoms with van der Waals surface area (Å²) in [5.74, 6) is 8.09. The van der Waals surface area contributed by atoms with E-state index in [-0.39, 0.29) is 5.56 Å². The van der Waals surface area contributed by atoms with Crippen LogP contribution in [0.25, 0.3) is 38.4 Å². The molecule has 3 heterocycles. The molecule has 2 saturated carbocycles. The Bertz CT molecular complexity index is 1760. The Morgan fingerprint density at radius 2 is 1.61 bits per heavy atom. The van der Waals surface area contributed by atoms with Crippen molar-refractivity contribution in [2.45, 2.75) is 70.1 Å². The van der Waals surface area contributed by atoms with Crippen molar-refractivity contribution < 1.29 is 0 Å². The third-order valence-electron chi connectivity index (χ3n) is 8.74. The van der Waals surface area contributed by atoms with Crippen LogP contribution in [-0.2, 0) is 0 Å².